The number of hydrogen-bond donors (Lipinski definition) is 0. The molecule has 0 fully saturated rings. The second kappa shape index (κ2) is 5.92. The van der Waals surface area contributed by atoms with Crippen molar-refractivity contribution in [2.75, 3.05) is 6.23 Å². The topological polar surface area (TPSA) is 9.23 Å². The van der Waals surface area contributed by atoms with E-state index >= 15 is 0 Å². The van der Waals surface area contributed by atoms with Crippen molar-refractivity contribution in [1.82, 2.24) is 0 Å². The molecule has 2 heteroatoms. The van der Waals surface area contributed by atoms with Crippen LogP contribution in [0.15, 0.2) is 0 Å². The third-order valence-corrected chi connectivity index (χ3v) is 4.20. The molecule has 1 radical (unpaired) electrons. The normalized spacial score (nSPS) is 11.4. The van der Waals surface area contributed by atoms with Crippen LogP contribution < -0.4 is 0 Å². The van der Waals surface area contributed by atoms with Crippen LogP contribution in [0.1, 0.15) is 27.7 Å². The second-order valence-electron chi connectivity index (χ2n) is 2.82. The van der Waals surface area contributed by atoms with Gasteiger partial charge in [-0.05, 0) is 13.8 Å². The smallest absolute Gasteiger partial charge is 0.0800 e. The van der Waals surface area contributed by atoms with Crippen molar-refractivity contribution >= 4 is 8.80 Å². The molecule has 0 rings (SSSR count). The average molecular weight is 159 g/mol. The first kappa shape index (κ1) is 10.2. The predicted octanol–water partition coefficient (Wildman–Crippen LogP) is 2.49. The van der Waals surface area contributed by atoms with E-state index in [1.807, 2.05) is 0 Å². The lowest BCUT2D eigenvalue weighted by Gasteiger charge is -2.12. The minimum atomic E-state index is -0.141. The Kier molecular flexibility index (Phi) is 6.03. The van der Waals surface area contributed by atoms with Crippen LogP contribution in [-0.4, -0.2) is 21.1 Å². The Hall–Kier alpha value is 0.177. The first-order valence-corrected chi connectivity index (χ1v) is 6.28. The highest BCUT2D eigenvalue weighted by Crippen LogP contribution is 2.00. The van der Waals surface area contributed by atoms with Crippen molar-refractivity contribution in [2.45, 2.75) is 45.9 Å². The second-order valence-corrected chi connectivity index (χ2v) is 6.02. The molecule has 0 aliphatic heterocycles. The minimum absolute atomic E-state index is 0.141. The monoisotopic (exact) mass is 159 g/mol. The molecule has 0 bridgehead atoms. The van der Waals surface area contributed by atoms with Crippen LogP contribution in [0.25, 0.3) is 0 Å². The standard InChI is InChI=1S/C8H19OSi/c1-5-10(6-2)7-9-8(3)4/h8H,5-7H2,1-4H3. The lowest BCUT2D eigenvalue weighted by Crippen LogP contribution is -2.21. The lowest BCUT2D eigenvalue weighted by atomic mass is 10.5. The third-order valence-electron chi connectivity index (χ3n) is 1.62. The van der Waals surface area contributed by atoms with E-state index in [1.165, 1.54) is 12.1 Å². The van der Waals surface area contributed by atoms with Gasteiger partial charge in [-0.1, -0.05) is 25.9 Å². The van der Waals surface area contributed by atoms with Crippen molar-refractivity contribution in [3.8, 4) is 0 Å². The fourth-order valence-corrected chi connectivity index (χ4v) is 2.22. The average Bonchev–Trinajstić information content (AvgIpc) is 1.90. The highest BCUT2D eigenvalue weighted by atomic mass is 28.3. The molecule has 0 unspecified atom stereocenters. The van der Waals surface area contributed by atoms with Crippen LogP contribution in [0.4, 0.5) is 0 Å². The fourth-order valence-electron chi connectivity index (χ4n) is 0.739. The summed E-state index contributed by atoms with van der Waals surface area (Å²) in [5.41, 5.74) is 0. The summed E-state index contributed by atoms with van der Waals surface area (Å²) in [5, 5.41) is 0. The Labute approximate surface area is 66.4 Å². The molecular weight excluding hydrogens is 140 g/mol. The van der Waals surface area contributed by atoms with Gasteiger partial charge in [0.1, 0.15) is 0 Å². The molecule has 10 heavy (non-hydrogen) atoms. The molecule has 0 N–H and O–H groups in total. The van der Waals surface area contributed by atoms with Crippen LogP contribution in [0.2, 0.25) is 12.1 Å². The SMILES string of the molecule is CC[Si](CC)COC(C)C. The van der Waals surface area contributed by atoms with Crippen LogP contribution >= 0.6 is 0 Å². The van der Waals surface area contributed by atoms with Crippen molar-refractivity contribution in [1.29, 1.82) is 0 Å². The molecule has 0 atom stereocenters. The Morgan fingerprint density at radius 2 is 1.70 bits per heavy atom. The maximum absolute atomic E-state index is 5.53. The summed E-state index contributed by atoms with van der Waals surface area (Å²) in [4.78, 5) is 0. The van der Waals surface area contributed by atoms with Gasteiger partial charge in [0.2, 0.25) is 0 Å². The van der Waals surface area contributed by atoms with Crippen LogP contribution in [-0.2, 0) is 4.74 Å². The Balaban J connectivity index is 3.26. The molecular formula is C8H19OSi. The predicted molar refractivity (Wildman–Crippen MR) is 47.8 cm³/mol. The largest absolute Gasteiger partial charge is 0.382 e. The minimum Gasteiger partial charge on any atom is -0.382 e. The van der Waals surface area contributed by atoms with Gasteiger partial charge >= 0.3 is 0 Å². The number of hydrogen-bond acceptors (Lipinski definition) is 1. The Morgan fingerprint density at radius 3 is 2.00 bits per heavy atom. The first-order chi connectivity index (χ1) is 4.70. The van der Waals surface area contributed by atoms with Gasteiger partial charge in [0.05, 0.1) is 14.9 Å². The molecule has 0 saturated heterocycles. The fraction of sp³-hybridized carbons (Fsp3) is 1.00. The van der Waals surface area contributed by atoms with E-state index in [-0.39, 0.29) is 8.80 Å². The summed E-state index contributed by atoms with van der Waals surface area (Å²) in [7, 11) is -0.141. The van der Waals surface area contributed by atoms with E-state index < -0.39 is 0 Å². The van der Waals surface area contributed by atoms with Crippen LogP contribution in [0.3, 0.4) is 0 Å². The molecule has 61 valence electrons. The van der Waals surface area contributed by atoms with Gasteiger partial charge in [0.25, 0.3) is 0 Å². The molecule has 0 aromatic heterocycles. The molecule has 0 aliphatic rings. The summed E-state index contributed by atoms with van der Waals surface area (Å²) in [6, 6.07) is 2.68. The van der Waals surface area contributed by atoms with E-state index in [4.69, 9.17) is 4.74 Å². The maximum Gasteiger partial charge on any atom is 0.0800 e. The summed E-state index contributed by atoms with van der Waals surface area (Å²) < 4.78 is 5.53. The highest BCUT2D eigenvalue weighted by molar-refractivity contribution is 6.58. The molecule has 1 nitrogen and oxygen atoms in total. The molecule has 0 aromatic rings. The van der Waals surface area contributed by atoms with Gasteiger partial charge < -0.3 is 4.74 Å². The van der Waals surface area contributed by atoms with Gasteiger partial charge in [-0.3, -0.25) is 0 Å². The molecule has 0 aromatic carbocycles. The highest BCUT2D eigenvalue weighted by Gasteiger charge is 2.06. The Bertz CT molecular complexity index is 69.7. The van der Waals surface area contributed by atoms with Gasteiger partial charge in [0, 0.05) is 6.23 Å². The van der Waals surface area contributed by atoms with Crippen molar-refractivity contribution < 1.29 is 4.74 Å². The van der Waals surface area contributed by atoms with Gasteiger partial charge in [0.15, 0.2) is 0 Å². The molecule has 0 heterocycles. The van der Waals surface area contributed by atoms with Crippen LogP contribution in [0, 0.1) is 0 Å². The summed E-state index contributed by atoms with van der Waals surface area (Å²) in [6.45, 7) is 8.73. The van der Waals surface area contributed by atoms with E-state index in [2.05, 4.69) is 27.7 Å². The van der Waals surface area contributed by atoms with Gasteiger partial charge in [-0.25, -0.2) is 0 Å². The molecule has 0 saturated carbocycles. The van der Waals surface area contributed by atoms with E-state index in [0.717, 1.165) is 6.23 Å². The molecule has 0 aliphatic carbocycles. The zero-order valence-electron chi connectivity index (χ0n) is 7.61. The maximum atomic E-state index is 5.53. The van der Waals surface area contributed by atoms with Crippen molar-refractivity contribution in [2.24, 2.45) is 0 Å². The zero-order valence-corrected chi connectivity index (χ0v) is 8.61. The first-order valence-electron chi connectivity index (χ1n) is 4.15. The third kappa shape index (κ3) is 5.00. The summed E-state index contributed by atoms with van der Waals surface area (Å²) in [6.07, 6.45) is 1.45. The summed E-state index contributed by atoms with van der Waals surface area (Å²) in [5.74, 6) is 0. The van der Waals surface area contributed by atoms with Crippen molar-refractivity contribution in [3.05, 3.63) is 0 Å². The van der Waals surface area contributed by atoms with Gasteiger partial charge in [-0.15, -0.1) is 0 Å². The number of ether oxygens (including phenoxy) is 1. The lowest BCUT2D eigenvalue weighted by molar-refractivity contribution is 0.113. The number of rotatable bonds is 5. The quantitative estimate of drug-likeness (QED) is 0.560. The van der Waals surface area contributed by atoms with Crippen molar-refractivity contribution in [3.63, 3.8) is 0 Å². The molecule has 0 amide bonds. The Morgan fingerprint density at radius 1 is 1.20 bits per heavy atom. The van der Waals surface area contributed by atoms with Crippen LogP contribution in [0.5, 0.6) is 0 Å². The summed E-state index contributed by atoms with van der Waals surface area (Å²) >= 11 is 0. The zero-order chi connectivity index (χ0) is 7.98. The molecule has 0 spiro atoms. The van der Waals surface area contributed by atoms with E-state index in [0.29, 0.717) is 6.10 Å². The van der Waals surface area contributed by atoms with E-state index in [1.54, 1.807) is 0 Å². The van der Waals surface area contributed by atoms with Gasteiger partial charge in [-0.2, -0.15) is 0 Å². The van der Waals surface area contributed by atoms with E-state index in [9.17, 15) is 0 Å².